The number of rotatable bonds is 2. The van der Waals surface area contributed by atoms with E-state index in [9.17, 15) is 0 Å². The first-order chi connectivity index (χ1) is 10.1. The molecule has 3 rings (SSSR count). The van der Waals surface area contributed by atoms with Crippen LogP contribution in [-0.4, -0.2) is 34.6 Å². The van der Waals surface area contributed by atoms with E-state index < -0.39 is 0 Å². The second kappa shape index (κ2) is 5.77. The van der Waals surface area contributed by atoms with Crippen molar-refractivity contribution < 1.29 is 4.74 Å². The molecular weight excluding hydrogens is 264 g/mol. The number of morpholine rings is 1. The van der Waals surface area contributed by atoms with Crippen LogP contribution >= 0.6 is 0 Å². The summed E-state index contributed by atoms with van der Waals surface area (Å²) in [6.45, 7) is 8.24. The van der Waals surface area contributed by atoms with Crippen LogP contribution in [0.3, 0.4) is 0 Å². The number of pyridine rings is 1. The van der Waals surface area contributed by atoms with Crippen molar-refractivity contribution in [2.24, 2.45) is 0 Å². The van der Waals surface area contributed by atoms with Crippen LogP contribution in [0.4, 0.5) is 5.95 Å². The van der Waals surface area contributed by atoms with E-state index in [-0.39, 0.29) is 6.10 Å². The predicted molar refractivity (Wildman–Crippen MR) is 81.4 cm³/mol. The van der Waals surface area contributed by atoms with Gasteiger partial charge < -0.3 is 9.64 Å². The van der Waals surface area contributed by atoms with Crippen molar-refractivity contribution in [2.75, 3.05) is 24.6 Å². The molecule has 3 heterocycles. The second-order valence-corrected chi connectivity index (χ2v) is 5.52. The molecular formula is C16H20N4O. The lowest BCUT2D eigenvalue weighted by atomic mass is 10.1. The third-order valence-electron chi connectivity index (χ3n) is 3.58. The van der Waals surface area contributed by atoms with Gasteiger partial charge in [-0.2, -0.15) is 0 Å². The van der Waals surface area contributed by atoms with Gasteiger partial charge in [0.05, 0.1) is 18.8 Å². The number of nitrogens with zero attached hydrogens (tertiary/aromatic N) is 4. The molecule has 0 spiro atoms. The molecule has 1 aliphatic heterocycles. The Bertz CT molecular complexity index is 606. The average molecular weight is 284 g/mol. The van der Waals surface area contributed by atoms with Gasteiger partial charge >= 0.3 is 0 Å². The highest BCUT2D eigenvalue weighted by Gasteiger charge is 2.24. The summed E-state index contributed by atoms with van der Waals surface area (Å²) < 4.78 is 5.86. The van der Waals surface area contributed by atoms with Crippen molar-refractivity contribution in [3.05, 3.63) is 47.0 Å². The molecule has 110 valence electrons. The van der Waals surface area contributed by atoms with Crippen molar-refractivity contribution in [3.63, 3.8) is 0 Å². The van der Waals surface area contributed by atoms with Gasteiger partial charge in [-0.15, -0.1) is 0 Å². The Morgan fingerprint density at radius 3 is 2.57 bits per heavy atom. The minimum atomic E-state index is -0.0243. The summed E-state index contributed by atoms with van der Waals surface area (Å²) in [5.74, 6) is 0.785. The van der Waals surface area contributed by atoms with Gasteiger partial charge in [0.25, 0.3) is 0 Å². The number of aromatic nitrogens is 3. The minimum absolute atomic E-state index is 0.0243. The summed E-state index contributed by atoms with van der Waals surface area (Å²) >= 11 is 0. The first-order valence-electron chi connectivity index (χ1n) is 7.23. The fourth-order valence-electron chi connectivity index (χ4n) is 2.53. The molecule has 0 saturated carbocycles. The Morgan fingerprint density at radius 2 is 1.90 bits per heavy atom. The Balaban J connectivity index is 1.80. The Hall–Kier alpha value is -2.01. The van der Waals surface area contributed by atoms with Crippen LogP contribution in [0, 0.1) is 20.8 Å². The zero-order valence-corrected chi connectivity index (χ0v) is 12.7. The molecule has 5 nitrogen and oxygen atoms in total. The van der Waals surface area contributed by atoms with Crippen LogP contribution in [-0.2, 0) is 4.74 Å². The van der Waals surface area contributed by atoms with Gasteiger partial charge in [-0.25, -0.2) is 9.97 Å². The first-order valence-corrected chi connectivity index (χ1v) is 7.23. The minimum Gasteiger partial charge on any atom is -0.368 e. The number of ether oxygens (including phenoxy) is 1. The zero-order valence-electron chi connectivity index (χ0n) is 12.7. The van der Waals surface area contributed by atoms with Crippen molar-refractivity contribution in [1.82, 2.24) is 15.0 Å². The highest BCUT2D eigenvalue weighted by Crippen LogP contribution is 2.23. The van der Waals surface area contributed by atoms with Gasteiger partial charge in [-0.05, 0) is 38.5 Å². The van der Waals surface area contributed by atoms with Crippen LogP contribution in [0.15, 0.2) is 24.4 Å². The molecule has 1 fully saturated rings. The van der Waals surface area contributed by atoms with Gasteiger partial charge in [0.15, 0.2) is 0 Å². The number of hydrogen-bond donors (Lipinski definition) is 0. The topological polar surface area (TPSA) is 51.1 Å². The second-order valence-electron chi connectivity index (χ2n) is 5.52. The smallest absolute Gasteiger partial charge is 0.225 e. The molecule has 1 unspecified atom stereocenters. The fraction of sp³-hybridized carbons (Fsp3) is 0.438. The van der Waals surface area contributed by atoms with E-state index in [0.29, 0.717) is 6.61 Å². The van der Waals surface area contributed by atoms with Crippen LogP contribution in [0.25, 0.3) is 0 Å². The molecule has 0 aromatic carbocycles. The first kappa shape index (κ1) is 13.9. The molecule has 5 heteroatoms. The molecule has 0 radical (unpaired) electrons. The molecule has 0 aliphatic carbocycles. The summed E-state index contributed by atoms with van der Waals surface area (Å²) in [6, 6.07) is 6.09. The van der Waals surface area contributed by atoms with E-state index in [0.717, 1.165) is 41.7 Å². The van der Waals surface area contributed by atoms with E-state index in [4.69, 9.17) is 4.74 Å². The van der Waals surface area contributed by atoms with Crippen molar-refractivity contribution in [3.8, 4) is 0 Å². The number of anilines is 1. The third-order valence-corrected chi connectivity index (χ3v) is 3.58. The van der Waals surface area contributed by atoms with Crippen LogP contribution in [0.5, 0.6) is 0 Å². The van der Waals surface area contributed by atoms with Gasteiger partial charge in [-0.3, -0.25) is 4.98 Å². The average Bonchev–Trinajstić information content (AvgIpc) is 2.47. The summed E-state index contributed by atoms with van der Waals surface area (Å²) in [4.78, 5) is 15.7. The molecule has 21 heavy (non-hydrogen) atoms. The maximum absolute atomic E-state index is 5.86. The lowest BCUT2D eigenvalue weighted by Crippen LogP contribution is -2.39. The third kappa shape index (κ3) is 3.19. The van der Waals surface area contributed by atoms with Gasteiger partial charge in [0.1, 0.15) is 6.10 Å². The van der Waals surface area contributed by atoms with Gasteiger partial charge in [-0.1, -0.05) is 6.07 Å². The number of hydrogen-bond acceptors (Lipinski definition) is 5. The molecule has 0 N–H and O–H groups in total. The van der Waals surface area contributed by atoms with Crippen molar-refractivity contribution in [2.45, 2.75) is 26.9 Å². The number of aryl methyl sites for hydroxylation is 3. The van der Waals surface area contributed by atoms with E-state index in [1.54, 1.807) is 0 Å². The SMILES string of the molecule is Cc1ccc(C2CN(c3nc(C)cc(C)n3)CCO2)nc1. The van der Waals surface area contributed by atoms with E-state index >= 15 is 0 Å². The van der Waals surface area contributed by atoms with E-state index in [1.807, 2.05) is 39.1 Å². The molecule has 2 aromatic heterocycles. The lowest BCUT2D eigenvalue weighted by Gasteiger charge is -2.32. The molecule has 1 saturated heterocycles. The normalized spacial score (nSPS) is 18.8. The van der Waals surface area contributed by atoms with Crippen LogP contribution < -0.4 is 4.90 Å². The van der Waals surface area contributed by atoms with E-state index in [1.165, 1.54) is 0 Å². The maximum atomic E-state index is 5.86. The summed E-state index contributed by atoms with van der Waals surface area (Å²) in [5.41, 5.74) is 4.11. The Labute approximate surface area is 125 Å². The molecule has 1 aliphatic rings. The fourth-order valence-corrected chi connectivity index (χ4v) is 2.53. The standard InChI is InChI=1S/C16H20N4O/c1-11-4-5-14(17-9-11)15-10-20(6-7-21-15)16-18-12(2)8-13(3)19-16/h4-5,8-9,15H,6-7,10H2,1-3H3. The Morgan fingerprint density at radius 1 is 1.14 bits per heavy atom. The Kier molecular flexibility index (Phi) is 3.84. The van der Waals surface area contributed by atoms with Crippen molar-refractivity contribution in [1.29, 1.82) is 0 Å². The monoisotopic (exact) mass is 284 g/mol. The van der Waals surface area contributed by atoms with Gasteiger partial charge in [0, 0.05) is 24.1 Å². The summed E-state index contributed by atoms with van der Waals surface area (Å²) in [7, 11) is 0. The quantitative estimate of drug-likeness (QED) is 0.847. The van der Waals surface area contributed by atoms with E-state index in [2.05, 4.69) is 25.9 Å². The molecule has 0 amide bonds. The maximum Gasteiger partial charge on any atom is 0.225 e. The van der Waals surface area contributed by atoms with Crippen LogP contribution in [0.1, 0.15) is 28.7 Å². The highest BCUT2D eigenvalue weighted by atomic mass is 16.5. The predicted octanol–water partition coefficient (Wildman–Crippen LogP) is 2.37. The molecule has 0 bridgehead atoms. The van der Waals surface area contributed by atoms with Crippen molar-refractivity contribution >= 4 is 5.95 Å². The molecule has 2 aromatic rings. The zero-order chi connectivity index (χ0) is 14.8. The highest BCUT2D eigenvalue weighted by molar-refractivity contribution is 5.33. The molecule has 1 atom stereocenters. The van der Waals surface area contributed by atoms with Crippen LogP contribution in [0.2, 0.25) is 0 Å². The largest absolute Gasteiger partial charge is 0.368 e. The van der Waals surface area contributed by atoms with Gasteiger partial charge in [0.2, 0.25) is 5.95 Å². The summed E-state index contributed by atoms with van der Waals surface area (Å²) in [5, 5.41) is 0. The summed E-state index contributed by atoms with van der Waals surface area (Å²) in [6.07, 6.45) is 1.86. The lowest BCUT2D eigenvalue weighted by molar-refractivity contribution is 0.0364.